The van der Waals surface area contributed by atoms with Crippen LogP contribution in [0.2, 0.25) is 0 Å². The van der Waals surface area contributed by atoms with E-state index in [4.69, 9.17) is 9.47 Å². The first kappa shape index (κ1) is 20.2. The third-order valence-corrected chi connectivity index (χ3v) is 5.43. The van der Waals surface area contributed by atoms with Crippen LogP contribution in [0.1, 0.15) is 49.9 Å². The zero-order valence-corrected chi connectivity index (χ0v) is 16.3. The molecule has 28 heavy (non-hydrogen) atoms. The van der Waals surface area contributed by atoms with Crippen LogP contribution in [0.5, 0.6) is 0 Å². The highest BCUT2D eigenvalue weighted by atomic mass is 16.6. The van der Waals surface area contributed by atoms with E-state index in [1.807, 2.05) is 12.1 Å². The Balaban J connectivity index is 1.73. The smallest absolute Gasteiger partial charge is 0.338 e. The topological polar surface area (TPSA) is 72.8 Å². The molecule has 0 bridgehead atoms. The molecular weight excluding hydrogens is 356 g/mol. The van der Waals surface area contributed by atoms with Crippen molar-refractivity contribution in [2.24, 2.45) is 11.8 Å². The number of benzene rings is 1. The summed E-state index contributed by atoms with van der Waals surface area (Å²) in [7, 11) is 0. The largest absolute Gasteiger partial charge is 0.462 e. The fraction of sp³-hybridized carbons (Fsp3) is 0.478. The maximum atomic E-state index is 12.5. The first-order valence-electron chi connectivity index (χ1n) is 9.66. The van der Waals surface area contributed by atoms with E-state index in [2.05, 4.69) is 11.8 Å². The molecule has 148 valence electrons. The van der Waals surface area contributed by atoms with E-state index in [0.717, 1.165) is 0 Å². The molecule has 0 spiro atoms. The number of aliphatic hydroxyl groups is 1. The molecule has 1 saturated carbocycles. The molecule has 1 aliphatic heterocycles. The maximum Gasteiger partial charge on any atom is 0.338 e. The van der Waals surface area contributed by atoms with Gasteiger partial charge in [0, 0.05) is 24.7 Å². The van der Waals surface area contributed by atoms with Crippen LogP contribution in [0.4, 0.5) is 0 Å². The summed E-state index contributed by atoms with van der Waals surface area (Å²) >= 11 is 0. The Kier molecular flexibility index (Phi) is 6.21. The van der Waals surface area contributed by atoms with Crippen LogP contribution in [-0.2, 0) is 14.3 Å². The SMILES string of the molecule is CC#CCCC(C)(O)/C=C/[C@@H]1[C@H]2CC(=O)O[C@H]2C[C@H]1OC(=O)c1ccccc1. The van der Waals surface area contributed by atoms with Crippen molar-refractivity contribution in [2.75, 3.05) is 0 Å². The summed E-state index contributed by atoms with van der Waals surface area (Å²) in [6.45, 7) is 3.50. The minimum Gasteiger partial charge on any atom is -0.462 e. The molecule has 1 N–H and O–H groups in total. The molecule has 0 aromatic heterocycles. The Morgan fingerprint density at radius 1 is 1.39 bits per heavy atom. The van der Waals surface area contributed by atoms with Gasteiger partial charge in [0.15, 0.2) is 0 Å². The monoisotopic (exact) mass is 382 g/mol. The molecule has 1 aromatic carbocycles. The molecule has 5 heteroatoms. The third-order valence-electron chi connectivity index (χ3n) is 5.43. The van der Waals surface area contributed by atoms with Gasteiger partial charge in [0.25, 0.3) is 0 Å². The summed E-state index contributed by atoms with van der Waals surface area (Å²) in [5.74, 6) is 4.95. The fourth-order valence-corrected chi connectivity index (χ4v) is 3.91. The van der Waals surface area contributed by atoms with Gasteiger partial charge in [-0.1, -0.05) is 30.4 Å². The molecule has 2 fully saturated rings. The van der Waals surface area contributed by atoms with Crippen molar-refractivity contribution in [2.45, 2.75) is 57.3 Å². The first-order valence-corrected chi connectivity index (χ1v) is 9.66. The fourth-order valence-electron chi connectivity index (χ4n) is 3.91. The van der Waals surface area contributed by atoms with Gasteiger partial charge in [0.2, 0.25) is 0 Å². The van der Waals surface area contributed by atoms with Gasteiger partial charge in [-0.05, 0) is 32.4 Å². The molecule has 1 heterocycles. The van der Waals surface area contributed by atoms with E-state index in [-0.39, 0.29) is 29.9 Å². The van der Waals surface area contributed by atoms with Gasteiger partial charge in [-0.3, -0.25) is 4.79 Å². The summed E-state index contributed by atoms with van der Waals surface area (Å²) in [5, 5.41) is 10.6. The molecule has 1 saturated heterocycles. The molecule has 5 nitrogen and oxygen atoms in total. The van der Waals surface area contributed by atoms with Crippen molar-refractivity contribution in [3.05, 3.63) is 48.0 Å². The highest BCUT2D eigenvalue weighted by Crippen LogP contribution is 2.44. The van der Waals surface area contributed by atoms with Crippen molar-refractivity contribution in [1.82, 2.24) is 0 Å². The predicted octanol–water partition coefficient (Wildman–Crippen LogP) is 3.27. The number of rotatable bonds is 6. The van der Waals surface area contributed by atoms with E-state index in [1.165, 1.54) is 0 Å². The lowest BCUT2D eigenvalue weighted by molar-refractivity contribution is -0.141. The predicted molar refractivity (Wildman–Crippen MR) is 104 cm³/mol. The third kappa shape index (κ3) is 4.82. The second kappa shape index (κ2) is 8.62. The van der Waals surface area contributed by atoms with E-state index >= 15 is 0 Å². The highest BCUT2D eigenvalue weighted by Gasteiger charge is 2.50. The van der Waals surface area contributed by atoms with Crippen molar-refractivity contribution in [3.63, 3.8) is 0 Å². The van der Waals surface area contributed by atoms with Crippen molar-refractivity contribution >= 4 is 11.9 Å². The van der Waals surface area contributed by atoms with Gasteiger partial charge >= 0.3 is 11.9 Å². The lowest BCUT2D eigenvalue weighted by Crippen LogP contribution is -2.26. The second-order valence-corrected chi connectivity index (χ2v) is 7.66. The molecule has 5 atom stereocenters. The van der Waals surface area contributed by atoms with Crippen molar-refractivity contribution < 1.29 is 24.2 Å². The van der Waals surface area contributed by atoms with Gasteiger partial charge in [0.1, 0.15) is 12.2 Å². The van der Waals surface area contributed by atoms with Crippen LogP contribution in [-0.4, -0.2) is 34.9 Å². The number of carbonyl (C=O) groups excluding carboxylic acids is 2. The second-order valence-electron chi connectivity index (χ2n) is 7.66. The van der Waals surface area contributed by atoms with Crippen molar-refractivity contribution in [1.29, 1.82) is 0 Å². The van der Waals surface area contributed by atoms with Gasteiger partial charge < -0.3 is 14.6 Å². The molecule has 1 aliphatic carbocycles. The Labute approximate surface area is 165 Å². The molecular formula is C23H26O5. The number of fused-ring (bicyclic) bond motifs is 1. The van der Waals surface area contributed by atoms with E-state index in [9.17, 15) is 14.7 Å². The van der Waals surface area contributed by atoms with Crippen LogP contribution in [0.15, 0.2) is 42.5 Å². The summed E-state index contributed by atoms with van der Waals surface area (Å²) in [6.07, 6.45) is 4.88. The highest BCUT2D eigenvalue weighted by molar-refractivity contribution is 5.89. The molecule has 1 unspecified atom stereocenters. The Hall–Kier alpha value is -2.58. The van der Waals surface area contributed by atoms with Gasteiger partial charge in [0.05, 0.1) is 17.6 Å². The van der Waals surface area contributed by atoms with Crippen LogP contribution in [0, 0.1) is 23.7 Å². The van der Waals surface area contributed by atoms with Crippen LogP contribution in [0.3, 0.4) is 0 Å². The van der Waals surface area contributed by atoms with Gasteiger partial charge in [-0.25, -0.2) is 4.79 Å². The zero-order chi connectivity index (χ0) is 20.1. The summed E-state index contributed by atoms with van der Waals surface area (Å²) in [5.41, 5.74) is -0.524. The van der Waals surface area contributed by atoms with Crippen LogP contribution in [0.25, 0.3) is 0 Å². The zero-order valence-electron chi connectivity index (χ0n) is 16.3. The minimum absolute atomic E-state index is 0.0384. The molecule has 1 aromatic rings. The number of carbonyl (C=O) groups is 2. The lowest BCUT2D eigenvalue weighted by Gasteiger charge is -2.23. The molecule has 0 radical (unpaired) electrons. The first-order chi connectivity index (χ1) is 13.4. The Morgan fingerprint density at radius 2 is 2.14 bits per heavy atom. The minimum atomic E-state index is -1.01. The normalized spacial score (nSPS) is 28.2. The average Bonchev–Trinajstić information content (AvgIpc) is 3.16. The van der Waals surface area contributed by atoms with E-state index in [0.29, 0.717) is 31.2 Å². The Bertz CT molecular complexity index is 799. The summed E-state index contributed by atoms with van der Waals surface area (Å²) in [4.78, 5) is 24.2. The molecule has 3 rings (SSSR count). The van der Waals surface area contributed by atoms with Gasteiger partial charge in [-0.2, -0.15) is 0 Å². The van der Waals surface area contributed by atoms with E-state index < -0.39 is 11.7 Å². The summed E-state index contributed by atoms with van der Waals surface area (Å²) in [6, 6.07) is 8.84. The number of hydrogen-bond donors (Lipinski definition) is 1. The standard InChI is InChI=1S/C23H26O5/c1-3-4-8-12-23(2,26)13-11-17-18-14-21(24)27-20(18)15-19(17)28-22(25)16-9-6-5-7-10-16/h5-7,9-11,13,17-20,26H,8,12,14-15H2,1-2H3/b13-11+/t17-,18-,19-,20+,23?/m1/s1. The maximum absolute atomic E-state index is 12.5. The van der Waals surface area contributed by atoms with Crippen LogP contribution < -0.4 is 0 Å². The average molecular weight is 382 g/mol. The molecule has 0 amide bonds. The molecule has 2 aliphatic rings. The van der Waals surface area contributed by atoms with Crippen molar-refractivity contribution in [3.8, 4) is 11.8 Å². The quantitative estimate of drug-likeness (QED) is 0.464. The number of ether oxygens (including phenoxy) is 2. The van der Waals surface area contributed by atoms with E-state index in [1.54, 1.807) is 44.2 Å². The number of hydrogen-bond acceptors (Lipinski definition) is 5. The van der Waals surface area contributed by atoms with Gasteiger partial charge in [-0.15, -0.1) is 11.8 Å². The van der Waals surface area contributed by atoms with Crippen LogP contribution >= 0.6 is 0 Å². The summed E-state index contributed by atoms with van der Waals surface area (Å²) < 4.78 is 11.2. The number of esters is 2. The Morgan fingerprint density at radius 3 is 2.86 bits per heavy atom. The lowest BCUT2D eigenvalue weighted by atomic mass is 9.89.